The minimum atomic E-state index is 0.587. The lowest BCUT2D eigenvalue weighted by molar-refractivity contribution is 0.416. The Morgan fingerprint density at radius 2 is 1.89 bits per heavy atom. The van der Waals surface area contributed by atoms with Crippen LogP contribution in [0.3, 0.4) is 0 Å². The van der Waals surface area contributed by atoms with E-state index in [2.05, 4.69) is 11.4 Å². The fourth-order valence-corrected chi connectivity index (χ4v) is 1.65. The van der Waals surface area contributed by atoms with E-state index < -0.39 is 0 Å². The number of ether oxygens (including phenoxy) is 2. The molecular formula is C14H15N2O2. The molecule has 0 atom stereocenters. The first-order valence-corrected chi connectivity index (χ1v) is 5.49. The molecule has 0 heterocycles. The summed E-state index contributed by atoms with van der Waals surface area (Å²) < 4.78 is 10.4. The molecule has 0 saturated heterocycles. The van der Waals surface area contributed by atoms with Crippen molar-refractivity contribution in [2.24, 2.45) is 0 Å². The second-order valence-electron chi connectivity index (χ2n) is 3.71. The molecule has 0 aromatic heterocycles. The Bertz CT molecular complexity index is 541. The van der Waals surface area contributed by atoms with E-state index in [1.54, 1.807) is 20.3 Å². The smallest absolute Gasteiger partial charge is 0.142 e. The number of methoxy groups -OCH3 is 2. The van der Waals surface area contributed by atoms with Gasteiger partial charge in [-0.15, -0.1) is 0 Å². The normalized spacial score (nSPS) is 9.89. The van der Waals surface area contributed by atoms with Crippen molar-refractivity contribution in [2.75, 3.05) is 25.3 Å². The zero-order chi connectivity index (χ0) is 13.0. The summed E-state index contributed by atoms with van der Waals surface area (Å²) in [5.41, 5.74) is 8.18. The van der Waals surface area contributed by atoms with Gasteiger partial charge in [0.25, 0.3) is 0 Å². The minimum Gasteiger partial charge on any atom is -0.495 e. The number of anilines is 3. The van der Waals surface area contributed by atoms with E-state index in [-0.39, 0.29) is 0 Å². The van der Waals surface area contributed by atoms with Crippen molar-refractivity contribution in [3.8, 4) is 11.5 Å². The number of nitrogens with two attached hydrogens (primary N) is 1. The van der Waals surface area contributed by atoms with Crippen molar-refractivity contribution in [2.45, 2.75) is 0 Å². The number of nitrogens with one attached hydrogen (secondary N) is 1. The molecule has 93 valence electrons. The summed E-state index contributed by atoms with van der Waals surface area (Å²) >= 11 is 0. The van der Waals surface area contributed by atoms with Crippen molar-refractivity contribution >= 4 is 17.1 Å². The van der Waals surface area contributed by atoms with Gasteiger partial charge in [-0.25, -0.2) is 0 Å². The summed E-state index contributed by atoms with van der Waals surface area (Å²) in [5, 5.41) is 3.24. The summed E-state index contributed by atoms with van der Waals surface area (Å²) in [5.74, 6) is 1.39. The molecule has 18 heavy (non-hydrogen) atoms. The molecule has 0 aliphatic carbocycles. The number of hydrogen-bond acceptors (Lipinski definition) is 4. The van der Waals surface area contributed by atoms with Crippen LogP contribution in [0, 0.1) is 6.07 Å². The van der Waals surface area contributed by atoms with Crippen molar-refractivity contribution in [3.05, 3.63) is 42.5 Å². The van der Waals surface area contributed by atoms with Crippen molar-refractivity contribution in [1.29, 1.82) is 0 Å². The molecule has 0 fully saturated rings. The lowest BCUT2D eigenvalue weighted by Gasteiger charge is -2.12. The Labute approximate surface area is 106 Å². The SMILES string of the molecule is COc1ccc(Nc2cc[c]cc2OC)cc1N. The second-order valence-corrected chi connectivity index (χ2v) is 3.71. The maximum atomic E-state index is 5.85. The standard InChI is InChI=1S/C14H15N2O2/c1-17-13-8-7-10(9-11(13)15)16-12-5-3-4-6-14(12)18-2/h3,5-9,16H,15H2,1-2H3. The Kier molecular flexibility index (Phi) is 3.57. The molecule has 4 nitrogen and oxygen atoms in total. The van der Waals surface area contributed by atoms with E-state index in [1.165, 1.54) is 0 Å². The number of benzene rings is 2. The lowest BCUT2D eigenvalue weighted by Crippen LogP contribution is -1.97. The van der Waals surface area contributed by atoms with Crippen LogP contribution < -0.4 is 20.5 Å². The van der Waals surface area contributed by atoms with Crippen LogP contribution in [0.4, 0.5) is 17.1 Å². The molecule has 2 aromatic rings. The van der Waals surface area contributed by atoms with Gasteiger partial charge in [0.2, 0.25) is 0 Å². The fourth-order valence-electron chi connectivity index (χ4n) is 1.65. The van der Waals surface area contributed by atoms with Crippen LogP contribution in [-0.2, 0) is 0 Å². The van der Waals surface area contributed by atoms with Crippen LogP contribution in [0.2, 0.25) is 0 Å². The topological polar surface area (TPSA) is 56.5 Å². The van der Waals surface area contributed by atoms with E-state index >= 15 is 0 Å². The molecule has 0 saturated carbocycles. The van der Waals surface area contributed by atoms with E-state index in [0.717, 1.165) is 17.1 Å². The maximum Gasteiger partial charge on any atom is 0.142 e. The summed E-state index contributed by atoms with van der Waals surface area (Å²) in [6.07, 6.45) is 0. The van der Waals surface area contributed by atoms with Gasteiger partial charge in [0.05, 0.1) is 25.6 Å². The number of rotatable bonds is 4. The molecular weight excluding hydrogens is 228 g/mol. The molecule has 3 N–H and O–H groups in total. The number of hydrogen-bond donors (Lipinski definition) is 2. The van der Waals surface area contributed by atoms with Gasteiger partial charge in [0, 0.05) is 5.69 Å². The molecule has 0 spiro atoms. The fraction of sp³-hybridized carbons (Fsp3) is 0.143. The zero-order valence-electron chi connectivity index (χ0n) is 10.4. The van der Waals surface area contributed by atoms with Crippen LogP contribution in [-0.4, -0.2) is 14.2 Å². The Morgan fingerprint density at radius 1 is 1.11 bits per heavy atom. The Balaban J connectivity index is 2.26. The molecule has 0 unspecified atom stereocenters. The van der Waals surface area contributed by atoms with Gasteiger partial charge in [-0.2, -0.15) is 0 Å². The zero-order valence-corrected chi connectivity index (χ0v) is 10.4. The van der Waals surface area contributed by atoms with Crippen LogP contribution in [0.25, 0.3) is 0 Å². The minimum absolute atomic E-state index is 0.587. The molecule has 4 heteroatoms. The molecule has 2 aromatic carbocycles. The van der Waals surface area contributed by atoms with Crippen LogP contribution in [0.5, 0.6) is 11.5 Å². The summed E-state index contributed by atoms with van der Waals surface area (Å²) in [6, 6.07) is 14.0. The first kappa shape index (κ1) is 12.1. The predicted octanol–water partition coefficient (Wildman–Crippen LogP) is 2.83. The maximum absolute atomic E-state index is 5.85. The lowest BCUT2D eigenvalue weighted by atomic mass is 10.2. The van der Waals surface area contributed by atoms with E-state index in [4.69, 9.17) is 15.2 Å². The van der Waals surface area contributed by atoms with Crippen LogP contribution in [0.15, 0.2) is 36.4 Å². The molecule has 2 rings (SSSR count). The van der Waals surface area contributed by atoms with Crippen molar-refractivity contribution < 1.29 is 9.47 Å². The first-order valence-electron chi connectivity index (χ1n) is 5.49. The molecule has 0 bridgehead atoms. The largest absolute Gasteiger partial charge is 0.495 e. The van der Waals surface area contributed by atoms with Crippen molar-refractivity contribution in [3.63, 3.8) is 0 Å². The highest BCUT2D eigenvalue weighted by Crippen LogP contribution is 2.30. The third-order valence-corrected chi connectivity index (χ3v) is 2.55. The van der Waals surface area contributed by atoms with E-state index in [9.17, 15) is 0 Å². The van der Waals surface area contributed by atoms with E-state index in [1.807, 2.05) is 30.3 Å². The van der Waals surface area contributed by atoms with Gasteiger partial charge in [0.1, 0.15) is 11.5 Å². The molecule has 1 radical (unpaired) electrons. The summed E-state index contributed by atoms with van der Waals surface area (Å²) in [7, 11) is 3.21. The third-order valence-electron chi connectivity index (χ3n) is 2.55. The monoisotopic (exact) mass is 243 g/mol. The average molecular weight is 243 g/mol. The van der Waals surface area contributed by atoms with Gasteiger partial charge < -0.3 is 20.5 Å². The molecule has 0 amide bonds. The molecule has 0 aliphatic rings. The second kappa shape index (κ2) is 5.31. The Hall–Kier alpha value is -2.36. The predicted molar refractivity (Wildman–Crippen MR) is 72.5 cm³/mol. The van der Waals surface area contributed by atoms with Crippen LogP contribution >= 0.6 is 0 Å². The number of nitrogen functional groups attached to an aromatic ring is 1. The average Bonchev–Trinajstić information content (AvgIpc) is 2.39. The van der Waals surface area contributed by atoms with Gasteiger partial charge in [0.15, 0.2) is 0 Å². The molecule has 0 aliphatic heterocycles. The van der Waals surface area contributed by atoms with Gasteiger partial charge in [-0.05, 0) is 36.4 Å². The summed E-state index contributed by atoms with van der Waals surface area (Å²) in [4.78, 5) is 0. The highest BCUT2D eigenvalue weighted by Gasteiger charge is 2.04. The van der Waals surface area contributed by atoms with Gasteiger partial charge in [-0.3, -0.25) is 0 Å². The summed E-state index contributed by atoms with van der Waals surface area (Å²) in [6.45, 7) is 0. The Morgan fingerprint density at radius 3 is 2.56 bits per heavy atom. The van der Waals surface area contributed by atoms with Crippen molar-refractivity contribution in [1.82, 2.24) is 0 Å². The van der Waals surface area contributed by atoms with E-state index in [0.29, 0.717) is 11.4 Å². The first-order chi connectivity index (χ1) is 8.74. The van der Waals surface area contributed by atoms with Gasteiger partial charge in [-0.1, -0.05) is 6.07 Å². The van der Waals surface area contributed by atoms with Crippen LogP contribution in [0.1, 0.15) is 0 Å². The van der Waals surface area contributed by atoms with Gasteiger partial charge >= 0.3 is 0 Å². The highest BCUT2D eigenvalue weighted by atomic mass is 16.5. The highest BCUT2D eigenvalue weighted by molar-refractivity contribution is 5.70. The third kappa shape index (κ3) is 2.48. The quantitative estimate of drug-likeness (QED) is 0.811.